The zero-order valence-electron chi connectivity index (χ0n) is 19.5. The third-order valence-corrected chi connectivity index (χ3v) is 5.87. The second-order valence-corrected chi connectivity index (χ2v) is 8.99. The Labute approximate surface area is 227 Å². The topological polar surface area (TPSA) is 87.0 Å². The number of H-pyrrole nitrogens is 1. The number of fused-ring (bicyclic) bond motifs is 1. The Morgan fingerprint density at radius 3 is 2.57 bits per heavy atom. The highest BCUT2D eigenvalue weighted by molar-refractivity contribution is 7.98. The Kier molecular flexibility index (Phi) is 13.2. The first-order valence-corrected chi connectivity index (χ1v) is 11.7. The molecule has 0 spiro atoms. The summed E-state index contributed by atoms with van der Waals surface area (Å²) in [5.41, 5.74) is 2.42. The molecule has 0 amide bonds. The van der Waals surface area contributed by atoms with Gasteiger partial charge in [-0.05, 0) is 43.9 Å². The molecule has 0 aliphatic heterocycles. The number of furan rings is 1. The summed E-state index contributed by atoms with van der Waals surface area (Å²) in [5, 5.41) is 4.24. The fraction of sp³-hybridized carbons (Fsp3) is 0.292. The Morgan fingerprint density at radius 2 is 1.80 bits per heavy atom. The number of benzene rings is 1. The molecule has 2 N–H and O–H groups in total. The van der Waals surface area contributed by atoms with Gasteiger partial charge in [0.25, 0.3) is 5.56 Å². The van der Waals surface area contributed by atoms with E-state index >= 15 is 0 Å². The summed E-state index contributed by atoms with van der Waals surface area (Å²) in [7, 11) is 4.04. The Hall–Kier alpha value is -2.23. The first-order valence-electron chi connectivity index (χ1n) is 10.5. The molecule has 1 aromatic carbocycles. The molecule has 0 atom stereocenters. The van der Waals surface area contributed by atoms with Crippen LogP contribution in [0, 0.1) is 0 Å². The van der Waals surface area contributed by atoms with Crippen molar-refractivity contribution < 1.29 is 4.42 Å². The maximum atomic E-state index is 12.5. The second-order valence-electron chi connectivity index (χ2n) is 7.88. The molecule has 7 nitrogen and oxygen atoms in total. The zero-order chi connectivity index (χ0) is 22.3. The summed E-state index contributed by atoms with van der Waals surface area (Å²) in [6, 6.07) is 14.1. The van der Waals surface area contributed by atoms with E-state index in [1.807, 2.05) is 56.7 Å². The van der Waals surface area contributed by atoms with Gasteiger partial charge in [0.1, 0.15) is 11.5 Å². The van der Waals surface area contributed by atoms with Crippen LogP contribution in [0.2, 0.25) is 0 Å². The van der Waals surface area contributed by atoms with Gasteiger partial charge in [0, 0.05) is 42.1 Å². The lowest BCUT2D eigenvalue weighted by Gasteiger charge is -2.07. The molecule has 0 unspecified atom stereocenters. The van der Waals surface area contributed by atoms with Crippen molar-refractivity contribution >= 4 is 65.8 Å². The predicted octanol–water partition coefficient (Wildman–Crippen LogP) is 5.17. The highest BCUT2D eigenvalue weighted by Gasteiger charge is 2.06. The smallest absolute Gasteiger partial charge is 0.255 e. The van der Waals surface area contributed by atoms with Crippen molar-refractivity contribution in [3.8, 4) is 0 Å². The number of hydrogen-bond donors (Lipinski definition) is 2. The van der Waals surface area contributed by atoms with Crippen LogP contribution in [0.5, 0.6) is 0 Å². The number of halogens is 3. The van der Waals surface area contributed by atoms with Gasteiger partial charge in [-0.15, -0.1) is 37.2 Å². The van der Waals surface area contributed by atoms with Crippen molar-refractivity contribution in [3.05, 3.63) is 87.9 Å². The predicted molar refractivity (Wildman–Crippen MR) is 152 cm³/mol. The number of para-hydroxylation sites is 1. The number of pyridine rings is 1. The lowest BCUT2D eigenvalue weighted by molar-refractivity contribution is 0.344. The molecule has 0 saturated carbocycles. The fourth-order valence-electron chi connectivity index (χ4n) is 3.38. The molecule has 35 heavy (non-hydrogen) atoms. The Balaban J connectivity index is 0.00000204. The van der Waals surface area contributed by atoms with Gasteiger partial charge in [-0.3, -0.25) is 14.8 Å². The van der Waals surface area contributed by atoms with E-state index in [0.29, 0.717) is 24.5 Å². The molecular formula is C24H30Cl3N5O2S. The van der Waals surface area contributed by atoms with Crippen LogP contribution in [-0.4, -0.2) is 46.2 Å². The van der Waals surface area contributed by atoms with Gasteiger partial charge < -0.3 is 14.6 Å². The van der Waals surface area contributed by atoms with E-state index in [2.05, 4.69) is 31.2 Å². The first-order chi connectivity index (χ1) is 15.6. The van der Waals surface area contributed by atoms with Crippen LogP contribution >= 0.6 is 49.0 Å². The minimum Gasteiger partial charge on any atom is -0.464 e. The molecule has 190 valence electrons. The van der Waals surface area contributed by atoms with Gasteiger partial charge in [-0.2, -0.15) is 11.8 Å². The van der Waals surface area contributed by atoms with E-state index in [-0.39, 0.29) is 42.8 Å². The molecule has 0 saturated heterocycles. The maximum absolute atomic E-state index is 12.5. The largest absolute Gasteiger partial charge is 0.464 e. The molecule has 0 radical (unpaired) electrons. The molecule has 0 aliphatic rings. The lowest BCUT2D eigenvalue weighted by atomic mass is 10.1. The molecular weight excluding hydrogens is 529 g/mol. The third kappa shape index (κ3) is 9.05. The van der Waals surface area contributed by atoms with E-state index in [1.54, 1.807) is 18.0 Å². The average molecular weight is 559 g/mol. The SMILES string of the molecule is CN(C)Cc1ccc(CSCCNc2ncc(Cc3cnc4ccccc4c3)c(=O)[nH]2)o1.Cl.Cl.Cl. The number of nitrogens with one attached hydrogen (secondary N) is 2. The van der Waals surface area contributed by atoms with Gasteiger partial charge in [0.2, 0.25) is 5.95 Å². The Morgan fingerprint density at radius 1 is 1.03 bits per heavy atom. The van der Waals surface area contributed by atoms with E-state index in [1.165, 1.54) is 0 Å². The van der Waals surface area contributed by atoms with Gasteiger partial charge >= 0.3 is 0 Å². The number of hydrogen-bond acceptors (Lipinski definition) is 7. The van der Waals surface area contributed by atoms with Crippen LogP contribution in [-0.2, 0) is 18.7 Å². The molecule has 4 aromatic rings. The molecule has 3 aromatic heterocycles. The summed E-state index contributed by atoms with van der Waals surface area (Å²) in [6.45, 7) is 1.51. The van der Waals surface area contributed by atoms with Crippen LogP contribution in [0.4, 0.5) is 5.95 Å². The molecule has 0 bridgehead atoms. The molecule has 4 rings (SSSR count). The first kappa shape index (κ1) is 30.8. The fourth-order valence-corrected chi connectivity index (χ4v) is 4.13. The van der Waals surface area contributed by atoms with Crippen LogP contribution < -0.4 is 10.9 Å². The molecule has 3 heterocycles. The van der Waals surface area contributed by atoms with Gasteiger partial charge in [-0.1, -0.05) is 18.2 Å². The van der Waals surface area contributed by atoms with Crippen LogP contribution in [0.25, 0.3) is 10.9 Å². The summed E-state index contributed by atoms with van der Waals surface area (Å²) in [4.78, 5) is 26.2. The summed E-state index contributed by atoms with van der Waals surface area (Å²) < 4.78 is 5.81. The van der Waals surface area contributed by atoms with Crippen LogP contribution in [0.3, 0.4) is 0 Å². The third-order valence-electron chi connectivity index (χ3n) is 4.89. The zero-order valence-corrected chi connectivity index (χ0v) is 22.8. The number of nitrogens with zero attached hydrogens (tertiary/aromatic N) is 3. The average Bonchev–Trinajstić information content (AvgIpc) is 3.21. The van der Waals surface area contributed by atoms with Crippen molar-refractivity contribution in [1.29, 1.82) is 0 Å². The molecule has 0 aliphatic carbocycles. The van der Waals surface area contributed by atoms with E-state index in [0.717, 1.165) is 46.0 Å². The molecule has 11 heteroatoms. The monoisotopic (exact) mass is 557 g/mol. The van der Waals surface area contributed by atoms with Gasteiger partial charge in [0.15, 0.2) is 0 Å². The minimum absolute atomic E-state index is 0. The normalized spacial score (nSPS) is 10.4. The highest BCUT2D eigenvalue weighted by atomic mass is 35.5. The van der Waals surface area contributed by atoms with Gasteiger partial charge in [0.05, 0.1) is 17.8 Å². The second kappa shape index (κ2) is 15.0. The summed E-state index contributed by atoms with van der Waals surface area (Å²) >= 11 is 1.77. The van der Waals surface area contributed by atoms with Crippen molar-refractivity contribution in [2.24, 2.45) is 0 Å². The van der Waals surface area contributed by atoms with E-state index < -0.39 is 0 Å². The van der Waals surface area contributed by atoms with Crippen LogP contribution in [0.1, 0.15) is 22.6 Å². The van der Waals surface area contributed by atoms with Crippen molar-refractivity contribution in [3.63, 3.8) is 0 Å². The number of thioether (sulfide) groups is 1. The van der Waals surface area contributed by atoms with Crippen molar-refractivity contribution in [1.82, 2.24) is 19.9 Å². The number of aromatic amines is 1. The minimum atomic E-state index is -0.132. The van der Waals surface area contributed by atoms with Crippen molar-refractivity contribution in [2.45, 2.75) is 18.7 Å². The number of anilines is 1. The van der Waals surface area contributed by atoms with E-state index in [4.69, 9.17) is 4.42 Å². The lowest BCUT2D eigenvalue weighted by Crippen LogP contribution is -2.18. The summed E-state index contributed by atoms with van der Waals surface area (Å²) in [6.07, 6.45) is 3.95. The maximum Gasteiger partial charge on any atom is 0.255 e. The summed E-state index contributed by atoms with van der Waals surface area (Å²) in [5.74, 6) is 4.13. The number of aromatic nitrogens is 3. The van der Waals surface area contributed by atoms with Crippen LogP contribution in [0.15, 0.2) is 64.1 Å². The van der Waals surface area contributed by atoms with E-state index in [9.17, 15) is 4.79 Å². The molecule has 0 fully saturated rings. The Bertz CT molecular complexity index is 1250. The standard InChI is InChI=1S/C24H27N5O2S.3ClH/c1-29(2)15-20-7-8-21(31-20)16-32-10-9-25-24-27-14-19(23(30)28-24)12-17-11-18-5-3-4-6-22(18)26-13-17;;;/h3-8,11,13-14H,9-10,12,15-16H2,1-2H3,(H2,25,27,28,30);3*1H. The van der Waals surface area contributed by atoms with Crippen molar-refractivity contribution in [2.75, 3.05) is 31.7 Å². The quantitative estimate of drug-likeness (QED) is 0.260. The number of rotatable bonds is 10. The van der Waals surface area contributed by atoms with Gasteiger partial charge in [-0.25, -0.2) is 4.98 Å². The highest BCUT2D eigenvalue weighted by Crippen LogP contribution is 2.17.